The maximum Gasteiger partial charge on any atom is 0.271 e. The highest BCUT2D eigenvalue weighted by atomic mass is 16.5. The maximum atomic E-state index is 11.8. The zero-order chi connectivity index (χ0) is 15.9. The first-order valence-corrected chi connectivity index (χ1v) is 7.00. The normalized spacial score (nSPS) is 10.9. The number of hydrazone groups is 1. The van der Waals surface area contributed by atoms with Crippen molar-refractivity contribution in [3.63, 3.8) is 0 Å². The minimum Gasteiger partial charge on any atom is -0.491 e. The van der Waals surface area contributed by atoms with Crippen molar-refractivity contribution in [1.82, 2.24) is 5.43 Å². The smallest absolute Gasteiger partial charge is 0.271 e. The van der Waals surface area contributed by atoms with Crippen molar-refractivity contribution in [3.8, 4) is 5.75 Å². The van der Waals surface area contributed by atoms with Crippen molar-refractivity contribution >= 4 is 17.8 Å². The summed E-state index contributed by atoms with van der Waals surface area (Å²) >= 11 is 0. The van der Waals surface area contributed by atoms with E-state index in [0.29, 0.717) is 11.3 Å². The zero-order valence-corrected chi connectivity index (χ0v) is 12.6. The fourth-order valence-corrected chi connectivity index (χ4v) is 1.77. The average molecular weight is 297 g/mol. The number of rotatable bonds is 5. The summed E-state index contributed by atoms with van der Waals surface area (Å²) in [7, 11) is 0. The number of carbonyl (C=O) groups is 1. The number of anilines is 1. The average Bonchev–Trinajstić information content (AvgIpc) is 2.49. The molecule has 22 heavy (non-hydrogen) atoms. The number of nitrogens with zero attached hydrogens (tertiary/aromatic N) is 1. The van der Waals surface area contributed by atoms with Crippen LogP contribution in [0.15, 0.2) is 53.6 Å². The van der Waals surface area contributed by atoms with Gasteiger partial charge in [-0.25, -0.2) is 5.43 Å². The molecule has 1 amide bonds. The molecular formula is C17H19N3O2. The van der Waals surface area contributed by atoms with Gasteiger partial charge in [-0.05, 0) is 67.9 Å². The Hall–Kier alpha value is -2.82. The highest BCUT2D eigenvalue weighted by molar-refractivity contribution is 5.95. The van der Waals surface area contributed by atoms with E-state index in [1.165, 1.54) is 0 Å². The SMILES string of the molecule is CC(C)Oc1ccc(/C=N\NC(=O)c2ccc(N)cc2)cc1. The lowest BCUT2D eigenvalue weighted by atomic mass is 10.2. The first kappa shape index (κ1) is 15.6. The van der Waals surface area contributed by atoms with E-state index in [2.05, 4.69) is 10.5 Å². The molecule has 0 radical (unpaired) electrons. The number of nitrogens with two attached hydrogens (primary N) is 1. The van der Waals surface area contributed by atoms with Gasteiger partial charge in [0.25, 0.3) is 5.91 Å². The molecule has 0 saturated heterocycles. The summed E-state index contributed by atoms with van der Waals surface area (Å²) in [6.07, 6.45) is 1.72. The van der Waals surface area contributed by atoms with Crippen molar-refractivity contribution in [2.75, 3.05) is 5.73 Å². The molecule has 0 aliphatic heterocycles. The van der Waals surface area contributed by atoms with Crippen LogP contribution in [0.25, 0.3) is 0 Å². The number of nitrogens with one attached hydrogen (secondary N) is 1. The molecule has 0 bridgehead atoms. The Morgan fingerprint density at radius 3 is 2.36 bits per heavy atom. The summed E-state index contributed by atoms with van der Waals surface area (Å²) in [5.41, 5.74) is 10.0. The molecule has 2 aromatic rings. The summed E-state index contributed by atoms with van der Waals surface area (Å²) in [5, 5.41) is 3.93. The molecule has 5 heteroatoms. The van der Waals surface area contributed by atoms with E-state index in [1.54, 1.807) is 30.5 Å². The Bertz CT molecular complexity index is 647. The van der Waals surface area contributed by atoms with Crippen molar-refractivity contribution < 1.29 is 9.53 Å². The molecule has 2 aromatic carbocycles. The molecule has 5 nitrogen and oxygen atoms in total. The molecule has 0 saturated carbocycles. The van der Waals surface area contributed by atoms with Gasteiger partial charge in [0.2, 0.25) is 0 Å². The van der Waals surface area contributed by atoms with Crippen LogP contribution in [0.5, 0.6) is 5.75 Å². The second-order valence-corrected chi connectivity index (χ2v) is 5.06. The summed E-state index contributed by atoms with van der Waals surface area (Å²) in [6, 6.07) is 14.1. The molecule has 0 aliphatic rings. The van der Waals surface area contributed by atoms with Gasteiger partial charge >= 0.3 is 0 Å². The Kier molecular flexibility index (Phi) is 5.14. The number of hydrogen-bond acceptors (Lipinski definition) is 4. The number of hydrogen-bond donors (Lipinski definition) is 2. The topological polar surface area (TPSA) is 76.7 Å². The second kappa shape index (κ2) is 7.26. The predicted molar refractivity (Wildman–Crippen MR) is 88.1 cm³/mol. The fourth-order valence-electron chi connectivity index (χ4n) is 1.77. The minimum absolute atomic E-state index is 0.138. The molecule has 114 valence electrons. The van der Waals surface area contributed by atoms with Gasteiger partial charge in [0, 0.05) is 11.3 Å². The van der Waals surface area contributed by atoms with Gasteiger partial charge in [0.15, 0.2) is 0 Å². The Balaban J connectivity index is 1.91. The third-order valence-corrected chi connectivity index (χ3v) is 2.80. The van der Waals surface area contributed by atoms with E-state index in [0.717, 1.165) is 11.3 Å². The number of benzene rings is 2. The maximum absolute atomic E-state index is 11.8. The second-order valence-electron chi connectivity index (χ2n) is 5.06. The lowest BCUT2D eigenvalue weighted by molar-refractivity contribution is 0.0955. The summed E-state index contributed by atoms with van der Waals surface area (Å²) in [4.78, 5) is 11.8. The molecule has 0 heterocycles. The van der Waals surface area contributed by atoms with Gasteiger partial charge in [-0.2, -0.15) is 5.10 Å². The van der Waals surface area contributed by atoms with Crippen molar-refractivity contribution in [1.29, 1.82) is 0 Å². The van der Waals surface area contributed by atoms with E-state index in [4.69, 9.17) is 10.5 Å². The summed E-state index contributed by atoms with van der Waals surface area (Å²) < 4.78 is 5.55. The molecular weight excluding hydrogens is 278 g/mol. The van der Waals surface area contributed by atoms with Crippen molar-refractivity contribution in [2.45, 2.75) is 20.0 Å². The lowest BCUT2D eigenvalue weighted by Gasteiger charge is -2.09. The van der Waals surface area contributed by atoms with E-state index < -0.39 is 0 Å². The van der Waals surface area contributed by atoms with Gasteiger partial charge in [-0.15, -0.1) is 0 Å². The Morgan fingerprint density at radius 1 is 1.14 bits per heavy atom. The first-order chi connectivity index (χ1) is 10.5. The third-order valence-electron chi connectivity index (χ3n) is 2.80. The van der Waals surface area contributed by atoms with Gasteiger partial charge < -0.3 is 10.5 Å². The van der Waals surface area contributed by atoms with Crippen LogP contribution in [-0.4, -0.2) is 18.2 Å². The number of nitrogen functional groups attached to an aromatic ring is 1. The van der Waals surface area contributed by atoms with Gasteiger partial charge in [0.05, 0.1) is 12.3 Å². The Labute approximate surface area is 129 Å². The molecule has 0 spiro atoms. The largest absolute Gasteiger partial charge is 0.491 e. The molecule has 0 atom stereocenters. The van der Waals surface area contributed by atoms with Gasteiger partial charge in [-0.3, -0.25) is 4.79 Å². The van der Waals surface area contributed by atoms with E-state index in [9.17, 15) is 4.79 Å². The number of carbonyl (C=O) groups excluding carboxylic acids is 1. The van der Waals surface area contributed by atoms with Crippen LogP contribution in [-0.2, 0) is 0 Å². The highest BCUT2D eigenvalue weighted by Crippen LogP contribution is 2.12. The van der Waals surface area contributed by atoms with Gasteiger partial charge in [0.1, 0.15) is 5.75 Å². The molecule has 0 unspecified atom stereocenters. The lowest BCUT2D eigenvalue weighted by Crippen LogP contribution is -2.17. The van der Waals surface area contributed by atoms with E-state index in [1.807, 2.05) is 38.1 Å². The van der Waals surface area contributed by atoms with Crippen LogP contribution < -0.4 is 15.9 Å². The number of amides is 1. The minimum atomic E-state index is -0.281. The highest BCUT2D eigenvalue weighted by Gasteiger charge is 2.02. The monoisotopic (exact) mass is 297 g/mol. The van der Waals surface area contributed by atoms with Crippen molar-refractivity contribution in [2.24, 2.45) is 5.10 Å². The van der Waals surface area contributed by atoms with Crippen LogP contribution in [0, 0.1) is 0 Å². The fraction of sp³-hybridized carbons (Fsp3) is 0.176. The predicted octanol–water partition coefficient (Wildman–Crippen LogP) is 2.82. The Morgan fingerprint density at radius 2 is 1.77 bits per heavy atom. The first-order valence-electron chi connectivity index (χ1n) is 7.00. The van der Waals surface area contributed by atoms with Crippen LogP contribution >= 0.6 is 0 Å². The van der Waals surface area contributed by atoms with Crippen LogP contribution in [0.2, 0.25) is 0 Å². The van der Waals surface area contributed by atoms with Crippen LogP contribution in [0.1, 0.15) is 29.8 Å². The van der Waals surface area contributed by atoms with E-state index >= 15 is 0 Å². The zero-order valence-electron chi connectivity index (χ0n) is 12.6. The van der Waals surface area contributed by atoms with E-state index in [-0.39, 0.29) is 12.0 Å². The van der Waals surface area contributed by atoms with Crippen LogP contribution in [0.3, 0.4) is 0 Å². The molecule has 0 aromatic heterocycles. The standard InChI is InChI=1S/C17H19N3O2/c1-12(2)22-16-9-3-13(4-10-16)11-19-20-17(21)14-5-7-15(18)8-6-14/h3-12H,18H2,1-2H3,(H,20,21)/b19-11-. The van der Waals surface area contributed by atoms with Crippen LogP contribution in [0.4, 0.5) is 5.69 Å². The molecule has 0 fully saturated rings. The third kappa shape index (κ3) is 4.63. The van der Waals surface area contributed by atoms with Crippen molar-refractivity contribution in [3.05, 3.63) is 59.7 Å². The molecule has 3 N–H and O–H groups in total. The molecule has 0 aliphatic carbocycles. The summed E-state index contributed by atoms with van der Waals surface area (Å²) in [5.74, 6) is 0.522. The quantitative estimate of drug-likeness (QED) is 0.506. The number of ether oxygens (including phenoxy) is 1. The molecule has 2 rings (SSSR count). The summed E-state index contributed by atoms with van der Waals surface area (Å²) in [6.45, 7) is 3.95. The van der Waals surface area contributed by atoms with Gasteiger partial charge in [-0.1, -0.05) is 0 Å².